The molecule has 0 aliphatic heterocycles. The lowest BCUT2D eigenvalue weighted by atomic mass is 10.3. The summed E-state index contributed by atoms with van der Waals surface area (Å²) in [6.45, 7) is 0. The first-order valence-corrected chi connectivity index (χ1v) is 10.7. The summed E-state index contributed by atoms with van der Waals surface area (Å²) in [5.74, 6) is -0.653. The molecule has 10 heteroatoms. The van der Waals surface area contributed by atoms with Crippen molar-refractivity contribution < 1.29 is 13.2 Å². The lowest BCUT2D eigenvalue weighted by Crippen LogP contribution is -2.26. The van der Waals surface area contributed by atoms with E-state index in [1.54, 1.807) is 36.4 Å². The van der Waals surface area contributed by atoms with Crippen LogP contribution in [0.5, 0.6) is 0 Å². The normalized spacial score (nSPS) is 11.2. The average molecular weight is 471 g/mol. The molecule has 1 N–H and O–H groups in total. The highest BCUT2D eigenvalue weighted by atomic mass is 35.5. The number of anilines is 2. The Morgan fingerprint density at radius 1 is 1.00 bits per heavy atom. The Morgan fingerprint density at radius 3 is 2.38 bits per heavy atom. The minimum Gasteiger partial charge on any atom is -0.321 e. The molecule has 0 radical (unpaired) electrons. The third-order valence-corrected chi connectivity index (χ3v) is 7.02. The molecule has 150 valence electrons. The summed E-state index contributed by atoms with van der Waals surface area (Å²) in [4.78, 5) is 16.4. The van der Waals surface area contributed by atoms with Gasteiger partial charge in [0.25, 0.3) is 15.9 Å². The molecule has 1 amide bonds. The Morgan fingerprint density at radius 2 is 1.69 bits per heavy atom. The number of aromatic nitrogens is 1. The van der Waals surface area contributed by atoms with Crippen LogP contribution >= 0.6 is 34.8 Å². The van der Waals surface area contributed by atoms with Crippen LogP contribution in [-0.2, 0) is 10.0 Å². The fourth-order valence-corrected chi connectivity index (χ4v) is 4.27. The molecule has 0 atom stereocenters. The van der Waals surface area contributed by atoms with Gasteiger partial charge in [-0.3, -0.25) is 9.10 Å². The van der Waals surface area contributed by atoms with Crippen molar-refractivity contribution in [2.75, 3.05) is 16.7 Å². The second kappa shape index (κ2) is 8.59. The highest BCUT2D eigenvalue weighted by Gasteiger charge is 2.22. The predicted octanol–water partition coefficient (Wildman–Crippen LogP) is 5.12. The summed E-state index contributed by atoms with van der Waals surface area (Å²) >= 11 is 17.8. The largest absolute Gasteiger partial charge is 0.321 e. The maximum Gasteiger partial charge on any atom is 0.275 e. The number of hydrogen-bond acceptors (Lipinski definition) is 4. The minimum absolute atomic E-state index is 0.00861. The molecule has 6 nitrogen and oxygen atoms in total. The summed E-state index contributed by atoms with van der Waals surface area (Å²) in [5, 5.41) is 2.60. The number of nitrogens with zero attached hydrogens (tertiary/aromatic N) is 2. The topological polar surface area (TPSA) is 79.4 Å². The summed E-state index contributed by atoms with van der Waals surface area (Å²) in [6.07, 6.45) is 1.21. The maximum absolute atomic E-state index is 12.9. The Labute approximate surface area is 183 Å². The SMILES string of the molecule is CN(c1ccccc1)S(=O)(=O)c1cccc(NC(=O)c2ncc(Cl)c(Cl)c2Cl)c1. The van der Waals surface area contributed by atoms with Gasteiger partial charge < -0.3 is 5.32 Å². The van der Waals surface area contributed by atoms with Gasteiger partial charge in [0.15, 0.2) is 0 Å². The number of carbonyl (C=O) groups is 1. The fraction of sp³-hybridized carbons (Fsp3) is 0.0526. The molecule has 1 aromatic heterocycles. The van der Waals surface area contributed by atoms with Crippen LogP contribution in [0.2, 0.25) is 15.1 Å². The van der Waals surface area contributed by atoms with Crippen molar-refractivity contribution in [2.24, 2.45) is 0 Å². The first-order chi connectivity index (χ1) is 13.7. The third kappa shape index (κ3) is 4.48. The number of para-hydroxylation sites is 1. The van der Waals surface area contributed by atoms with E-state index >= 15 is 0 Å². The number of benzene rings is 2. The zero-order valence-electron chi connectivity index (χ0n) is 14.9. The summed E-state index contributed by atoms with van der Waals surface area (Å²) in [7, 11) is -2.38. The van der Waals surface area contributed by atoms with E-state index in [0.717, 1.165) is 4.31 Å². The molecule has 3 rings (SSSR count). The zero-order chi connectivity index (χ0) is 21.2. The molecule has 29 heavy (non-hydrogen) atoms. The number of halogens is 3. The maximum atomic E-state index is 12.9. The number of hydrogen-bond donors (Lipinski definition) is 1. The second-order valence-corrected chi connectivity index (χ2v) is 9.01. The highest BCUT2D eigenvalue weighted by molar-refractivity contribution is 7.92. The van der Waals surface area contributed by atoms with E-state index in [9.17, 15) is 13.2 Å². The van der Waals surface area contributed by atoms with Gasteiger partial charge in [0.2, 0.25) is 0 Å². The molecule has 0 aliphatic rings. The van der Waals surface area contributed by atoms with Gasteiger partial charge in [-0.2, -0.15) is 0 Å². The number of sulfonamides is 1. The number of pyridine rings is 1. The van der Waals surface area contributed by atoms with Crippen molar-refractivity contribution >= 4 is 62.1 Å². The van der Waals surface area contributed by atoms with Gasteiger partial charge in [-0.25, -0.2) is 13.4 Å². The molecule has 1 heterocycles. The quantitative estimate of drug-likeness (QED) is 0.561. The van der Waals surface area contributed by atoms with Gasteiger partial charge in [0.1, 0.15) is 5.69 Å². The van der Waals surface area contributed by atoms with Crippen LogP contribution < -0.4 is 9.62 Å². The van der Waals surface area contributed by atoms with Crippen LogP contribution in [0.15, 0.2) is 65.7 Å². The van der Waals surface area contributed by atoms with Gasteiger partial charge in [-0.05, 0) is 30.3 Å². The molecular weight excluding hydrogens is 457 g/mol. The molecule has 0 aliphatic carbocycles. The summed E-state index contributed by atoms with van der Waals surface area (Å²) in [5.41, 5.74) is 0.630. The van der Waals surface area contributed by atoms with Crippen LogP contribution in [0.25, 0.3) is 0 Å². The second-order valence-electron chi connectivity index (χ2n) is 5.87. The van der Waals surface area contributed by atoms with Crippen LogP contribution in [0.1, 0.15) is 10.5 Å². The van der Waals surface area contributed by atoms with Crippen molar-refractivity contribution in [3.63, 3.8) is 0 Å². The van der Waals surface area contributed by atoms with E-state index in [0.29, 0.717) is 5.69 Å². The molecule has 0 saturated carbocycles. The van der Waals surface area contributed by atoms with Gasteiger partial charge in [-0.1, -0.05) is 59.1 Å². The van der Waals surface area contributed by atoms with E-state index in [-0.39, 0.29) is 31.3 Å². The van der Waals surface area contributed by atoms with Crippen molar-refractivity contribution in [1.82, 2.24) is 4.98 Å². The van der Waals surface area contributed by atoms with E-state index in [4.69, 9.17) is 34.8 Å². The molecule has 3 aromatic rings. The van der Waals surface area contributed by atoms with E-state index in [1.165, 1.54) is 31.4 Å². The minimum atomic E-state index is -3.83. The van der Waals surface area contributed by atoms with Crippen LogP contribution in [-0.4, -0.2) is 26.4 Å². The average Bonchev–Trinajstić information content (AvgIpc) is 2.72. The van der Waals surface area contributed by atoms with Crippen molar-refractivity contribution in [2.45, 2.75) is 4.90 Å². The Hall–Kier alpha value is -2.32. The smallest absolute Gasteiger partial charge is 0.275 e. The molecule has 0 fully saturated rings. The van der Waals surface area contributed by atoms with Crippen molar-refractivity contribution in [1.29, 1.82) is 0 Å². The molecule has 0 saturated heterocycles. The van der Waals surface area contributed by atoms with Gasteiger partial charge >= 0.3 is 0 Å². The molecular formula is C19H14Cl3N3O3S. The van der Waals surface area contributed by atoms with E-state index < -0.39 is 15.9 Å². The summed E-state index contributed by atoms with van der Waals surface area (Å²) in [6, 6.07) is 14.5. The van der Waals surface area contributed by atoms with Gasteiger partial charge in [0, 0.05) is 18.9 Å². The zero-order valence-corrected chi connectivity index (χ0v) is 18.0. The van der Waals surface area contributed by atoms with E-state index in [2.05, 4.69) is 10.3 Å². The standard InChI is InChI=1S/C19H14Cl3N3O3S/c1-25(13-7-3-2-4-8-13)29(27,28)14-9-5-6-12(10-14)24-19(26)18-17(22)16(21)15(20)11-23-18/h2-11H,1H3,(H,24,26). The lowest BCUT2D eigenvalue weighted by molar-refractivity contribution is 0.102. The molecule has 0 unspecified atom stereocenters. The predicted molar refractivity (Wildman–Crippen MR) is 116 cm³/mol. The summed E-state index contributed by atoms with van der Waals surface area (Å²) < 4.78 is 27.0. The Kier molecular flexibility index (Phi) is 6.33. The Bertz CT molecular complexity index is 1170. The highest BCUT2D eigenvalue weighted by Crippen LogP contribution is 2.31. The van der Waals surface area contributed by atoms with Gasteiger partial charge in [0.05, 0.1) is 25.7 Å². The number of rotatable bonds is 5. The monoisotopic (exact) mass is 469 g/mol. The molecule has 0 spiro atoms. The van der Waals surface area contributed by atoms with Crippen molar-refractivity contribution in [3.05, 3.63) is 81.6 Å². The van der Waals surface area contributed by atoms with E-state index in [1.807, 2.05) is 0 Å². The third-order valence-electron chi connectivity index (χ3n) is 4.00. The first-order valence-electron chi connectivity index (χ1n) is 8.16. The van der Waals surface area contributed by atoms with Crippen LogP contribution in [0.4, 0.5) is 11.4 Å². The lowest BCUT2D eigenvalue weighted by Gasteiger charge is -2.20. The van der Waals surface area contributed by atoms with Crippen LogP contribution in [0.3, 0.4) is 0 Å². The van der Waals surface area contributed by atoms with Gasteiger partial charge in [-0.15, -0.1) is 0 Å². The number of amides is 1. The number of carbonyl (C=O) groups excluding carboxylic acids is 1. The Balaban J connectivity index is 1.88. The van der Waals surface area contributed by atoms with Crippen LogP contribution in [0, 0.1) is 0 Å². The molecule has 2 aromatic carbocycles. The fourth-order valence-electron chi connectivity index (χ4n) is 2.46. The first kappa shape index (κ1) is 21.4. The van der Waals surface area contributed by atoms with Crippen molar-refractivity contribution in [3.8, 4) is 0 Å². The molecule has 0 bridgehead atoms. The number of nitrogens with one attached hydrogen (secondary N) is 1.